The number of ether oxygens (including phenoxy) is 1. The predicted octanol–water partition coefficient (Wildman–Crippen LogP) is 1.43. The Hall–Kier alpha value is -0.660. The molecular weight excluding hydrogens is 285 g/mol. The molecule has 0 aliphatic carbocycles. The Kier molecular flexibility index (Phi) is 2.89. The predicted molar refractivity (Wildman–Crippen MR) is 54.6 cm³/mol. The summed E-state index contributed by atoms with van der Waals surface area (Å²) >= 11 is 1.91. The van der Waals surface area contributed by atoms with Crippen LogP contribution in [0.5, 0.6) is 0 Å². The highest BCUT2D eigenvalue weighted by Crippen LogP contribution is 2.10. The molecule has 0 N–H and O–H groups in total. The maximum Gasteiger partial charge on any atom is 0.361 e. The summed E-state index contributed by atoms with van der Waals surface area (Å²) in [6.45, 7) is 5.41. The van der Waals surface area contributed by atoms with Gasteiger partial charge in [0.2, 0.25) is 0 Å². The third kappa shape index (κ3) is 3.29. The number of hydrogen-bond acceptors (Lipinski definition) is 4. The van der Waals surface area contributed by atoms with E-state index in [0.717, 1.165) is 0 Å². The summed E-state index contributed by atoms with van der Waals surface area (Å²) in [6, 6.07) is 0. The van der Waals surface area contributed by atoms with Crippen molar-refractivity contribution in [3.63, 3.8) is 0 Å². The normalized spacial score (nSPS) is 11.4. The summed E-state index contributed by atoms with van der Waals surface area (Å²) < 4.78 is 6.51. The molecule has 1 aromatic rings. The summed E-state index contributed by atoms with van der Waals surface area (Å²) in [4.78, 5) is 11.3. The highest BCUT2D eigenvalue weighted by atomic mass is 127. The molecule has 6 heteroatoms. The van der Waals surface area contributed by atoms with E-state index < -0.39 is 11.6 Å². The summed E-state index contributed by atoms with van der Waals surface area (Å²) in [5.74, 6) is -0.449. The number of carbonyl (C=O) groups is 1. The molecule has 0 aromatic carbocycles. The van der Waals surface area contributed by atoms with Gasteiger partial charge in [-0.1, -0.05) is 5.21 Å². The van der Waals surface area contributed by atoms with Crippen molar-refractivity contribution in [2.75, 3.05) is 0 Å². The number of halogens is 1. The van der Waals surface area contributed by atoms with Gasteiger partial charge in [-0.2, -0.15) is 2.90 Å². The molecule has 1 aromatic heterocycles. The first-order valence-corrected chi connectivity index (χ1v) is 4.67. The van der Waals surface area contributed by atoms with Crippen LogP contribution in [-0.2, 0) is 4.74 Å². The topological polar surface area (TPSA) is 57.0 Å². The molecule has 1 rings (SSSR count). The maximum absolute atomic E-state index is 11.3. The molecule has 5 nitrogen and oxygen atoms in total. The fourth-order valence-corrected chi connectivity index (χ4v) is 1.03. The molecule has 0 aliphatic rings. The van der Waals surface area contributed by atoms with Crippen LogP contribution in [0.3, 0.4) is 0 Å². The molecule has 0 amide bonds. The van der Waals surface area contributed by atoms with Crippen LogP contribution in [0.1, 0.15) is 31.3 Å². The Morgan fingerprint density at radius 1 is 1.62 bits per heavy atom. The standard InChI is InChI=1S/C7H10IN3O2/c1-7(2,3)13-6(12)5-4-11(8)10-9-5/h4H,1-3H3. The molecule has 0 saturated carbocycles. The number of carbonyl (C=O) groups excluding carboxylic acids is 1. The molecule has 72 valence electrons. The minimum atomic E-state index is -0.494. The van der Waals surface area contributed by atoms with E-state index in [1.807, 2.05) is 22.9 Å². The Balaban J connectivity index is 2.70. The highest BCUT2D eigenvalue weighted by molar-refractivity contribution is 14.1. The first kappa shape index (κ1) is 10.4. The van der Waals surface area contributed by atoms with Crippen LogP contribution >= 0.6 is 22.9 Å². The van der Waals surface area contributed by atoms with Crippen molar-refractivity contribution in [3.05, 3.63) is 11.9 Å². The van der Waals surface area contributed by atoms with Crippen LogP contribution in [0.2, 0.25) is 0 Å². The second-order valence-electron chi connectivity index (χ2n) is 3.49. The van der Waals surface area contributed by atoms with Gasteiger partial charge >= 0.3 is 5.97 Å². The van der Waals surface area contributed by atoms with Gasteiger partial charge in [0.05, 0.1) is 29.1 Å². The zero-order valence-electron chi connectivity index (χ0n) is 7.61. The number of esters is 1. The fourth-order valence-electron chi connectivity index (χ4n) is 0.667. The number of aromatic nitrogens is 3. The Labute approximate surface area is 89.9 Å². The van der Waals surface area contributed by atoms with Gasteiger partial charge in [-0.15, -0.1) is 5.10 Å². The van der Waals surface area contributed by atoms with E-state index in [4.69, 9.17) is 4.74 Å². The lowest BCUT2D eigenvalue weighted by atomic mass is 10.2. The zero-order valence-corrected chi connectivity index (χ0v) is 9.77. The van der Waals surface area contributed by atoms with Crippen molar-refractivity contribution in [1.29, 1.82) is 0 Å². The Morgan fingerprint density at radius 2 is 2.23 bits per heavy atom. The molecule has 0 fully saturated rings. The third-order valence-corrected chi connectivity index (χ3v) is 1.55. The van der Waals surface area contributed by atoms with Crippen LogP contribution in [-0.4, -0.2) is 24.8 Å². The molecular formula is C7H10IN3O2. The van der Waals surface area contributed by atoms with Gasteiger partial charge < -0.3 is 4.74 Å². The lowest BCUT2D eigenvalue weighted by Gasteiger charge is -2.18. The maximum atomic E-state index is 11.3. The van der Waals surface area contributed by atoms with E-state index in [2.05, 4.69) is 10.3 Å². The first-order chi connectivity index (χ1) is 5.88. The van der Waals surface area contributed by atoms with Crippen LogP contribution in [0.4, 0.5) is 0 Å². The fraction of sp³-hybridized carbons (Fsp3) is 0.571. The van der Waals surface area contributed by atoms with E-state index >= 15 is 0 Å². The monoisotopic (exact) mass is 295 g/mol. The molecule has 0 aliphatic heterocycles. The summed E-state index contributed by atoms with van der Waals surface area (Å²) in [7, 11) is 0. The Morgan fingerprint density at radius 3 is 2.62 bits per heavy atom. The van der Waals surface area contributed by atoms with Gasteiger partial charge in [-0.05, 0) is 20.8 Å². The van der Waals surface area contributed by atoms with Crippen LogP contribution in [0.15, 0.2) is 6.20 Å². The lowest BCUT2D eigenvalue weighted by Crippen LogP contribution is -2.24. The summed E-state index contributed by atoms with van der Waals surface area (Å²) in [5.41, 5.74) is -0.268. The van der Waals surface area contributed by atoms with E-state index in [0.29, 0.717) is 0 Å². The van der Waals surface area contributed by atoms with Crippen molar-refractivity contribution >= 4 is 28.8 Å². The van der Waals surface area contributed by atoms with Gasteiger partial charge in [0, 0.05) is 0 Å². The van der Waals surface area contributed by atoms with Crippen molar-refractivity contribution < 1.29 is 9.53 Å². The summed E-state index contributed by atoms with van der Waals surface area (Å²) in [6.07, 6.45) is 1.51. The van der Waals surface area contributed by atoms with Crippen molar-refractivity contribution in [3.8, 4) is 0 Å². The van der Waals surface area contributed by atoms with Crippen molar-refractivity contribution in [2.24, 2.45) is 0 Å². The van der Waals surface area contributed by atoms with Gasteiger partial charge in [0.25, 0.3) is 0 Å². The minimum Gasteiger partial charge on any atom is -0.455 e. The molecule has 0 bridgehead atoms. The quantitative estimate of drug-likeness (QED) is 0.581. The lowest BCUT2D eigenvalue weighted by molar-refractivity contribution is 0.00628. The van der Waals surface area contributed by atoms with E-state index in [9.17, 15) is 4.79 Å². The minimum absolute atomic E-state index is 0.226. The van der Waals surface area contributed by atoms with E-state index in [1.165, 1.54) is 9.09 Å². The van der Waals surface area contributed by atoms with E-state index in [1.54, 1.807) is 20.8 Å². The smallest absolute Gasteiger partial charge is 0.361 e. The van der Waals surface area contributed by atoms with Crippen molar-refractivity contribution in [1.82, 2.24) is 13.2 Å². The molecule has 1 heterocycles. The average Bonchev–Trinajstić information content (AvgIpc) is 2.31. The number of nitrogens with zero attached hydrogens (tertiary/aromatic N) is 3. The SMILES string of the molecule is CC(C)(C)OC(=O)c1cn(I)nn1. The highest BCUT2D eigenvalue weighted by Gasteiger charge is 2.19. The van der Waals surface area contributed by atoms with Crippen LogP contribution in [0, 0.1) is 0 Å². The largest absolute Gasteiger partial charge is 0.455 e. The Bertz CT molecular complexity index is 316. The van der Waals surface area contributed by atoms with Crippen LogP contribution < -0.4 is 0 Å². The number of rotatable bonds is 1. The second kappa shape index (κ2) is 3.60. The molecule has 0 radical (unpaired) electrons. The van der Waals surface area contributed by atoms with Gasteiger partial charge in [0.1, 0.15) is 5.60 Å². The van der Waals surface area contributed by atoms with Gasteiger partial charge in [-0.3, -0.25) is 0 Å². The second-order valence-corrected chi connectivity index (χ2v) is 4.48. The molecule has 0 saturated heterocycles. The summed E-state index contributed by atoms with van der Waals surface area (Å²) in [5, 5.41) is 7.25. The number of hydrogen-bond donors (Lipinski definition) is 0. The third-order valence-electron chi connectivity index (χ3n) is 1.07. The first-order valence-electron chi connectivity index (χ1n) is 3.70. The molecule has 13 heavy (non-hydrogen) atoms. The average molecular weight is 295 g/mol. The molecule has 0 unspecified atom stereocenters. The van der Waals surface area contributed by atoms with Crippen molar-refractivity contribution in [2.45, 2.75) is 26.4 Å². The van der Waals surface area contributed by atoms with Gasteiger partial charge in [0.15, 0.2) is 5.69 Å². The zero-order chi connectivity index (χ0) is 10.1. The molecule has 0 atom stereocenters. The van der Waals surface area contributed by atoms with Crippen LogP contribution in [0.25, 0.3) is 0 Å². The van der Waals surface area contributed by atoms with E-state index in [-0.39, 0.29) is 5.69 Å². The molecule has 0 spiro atoms. The van der Waals surface area contributed by atoms with Gasteiger partial charge in [-0.25, -0.2) is 4.79 Å².